The first-order valence-electron chi connectivity index (χ1n) is 17.2. The summed E-state index contributed by atoms with van der Waals surface area (Å²) in [5.41, 5.74) is 11.9. The van der Waals surface area contributed by atoms with Gasteiger partial charge in [0.15, 0.2) is 0 Å². The van der Waals surface area contributed by atoms with E-state index in [1.807, 2.05) is 30.3 Å². The second-order valence-electron chi connectivity index (χ2n) is 17.0. The topological polar surface area (TPSA) is 0 Å². The molecule has 0 bridgehead atoms. The van der Waals surface area contributed by atoms with Crippen molar-refractivity contribution in [3.63, 3.8) is 0 Å². The molecule has 0 fully saturated rings. The van der Waals surface area contributed by atoms with Crippen LogP contribution >= 0.6 is 0 Å². The van der Waals surface area contributed by atoms with Gasteiger partial charge in [0.1, 0.15) is 0 Å². The van der Waals surface area contributed by atoms with E-state index in [1.165, 1.54) is 83.0 Å². The summed E-state index contributed by atoms with van der Waals surface area (Å²) in [4.78, 5) is 0. The Kier molecular flexibility index (Phi) is 18.4. The maximum Gasteiger partial charge on any atom is -0.172 e. The Morgan fingerprint density at radius 2 is 1.09 bits per heavy atom. The minimum absolute atomic E-state index is 0. The second kappa shape index (κ2) is 18.8. The molecule has 256 valence electrons. The van der Waals surface area contributed by atoms with Crippen LogP contribution in [-0.4, -0.2) is 3.21 Å². The maximum absolute atomic E-state index is 3.90. The Morgan fingerprint density at radius 1 is 0.652 bits per heavy atom. The molecule has 3 aromatic rings. The standard InChI is InChI=1S/C29H41.C9H18.C5H5.2ClH.Zr/c1-26(2,3)22-14-18-13-19-15-23(27(4,5)6)25(29(10,11)12)17-21(19)20(18)16-24(22)28(7,8)9;1-3-5-7-9-8-6-4-2;1-2-4-5-3-1;;;/h14,16-17H,13H2,1-12H3;3-8H2,1-2H3;1-5H;2*1H;/q-1;;-1;;;+2/p-2. The number of unbranched alkanes of at least 4 members (excludes halogenated alkanes) is 2. The Hall–Kier alpha value is -0.877. The first-order valence-corrected chi connectivity index (χ1v) is 18.5. The van der Waals surface area contributed by atoms with Crippen LogP contribution in [0.5, 0.6) is 0 Å². The van der Waals surface area contributed by atoms with Crippen molar-refractivity contribution in [2.45, 2.75) is 164 Å². The third kappa shape index (κ3) is 13.2. The average molecular weight is 743 g/mol. The summed E-state index contributed by atoms with van der Waals surface area (Å²) in [6.07, 6.45) is 9.32. The molecule has 0 atom stereocenters. The van der Waals surface area contributed by atoms with Crippen LogP contribution < -0.4 is 24.8 Å². The molecule has 0 saturated carbocycles. The van der Waals surface area contributed by atoms with Crippen molar-refractivity contribution in [1.29, 1.82) is 0 Å². The minimum Gasteiger partial charge on any atom is -1.00 e. The minimum atomic E-state index is 0. The first kappa shape index (κ1) is 45.1. The molecule has 0 aromatic heterocycles. The molecule has 0 radical (unpaired) electrons. The molecule has 1 aliphatic rings. The van der Waals surface area contributed by atoms with E-state index in [-0.39, 0.29) is 46.5 Å². The van der Waals surface area contributed by atoms with E-state index >= 15 is 0 Å². The fourth-order valence-electron chi connectivity index (χ4n) is 5.85. The van der Waals surface area contributed by atoms with Crippen molar-refractivity contribution in [3.05, 3.63) is 88.0 Å². The molecule has 0 unspecified atom stereocenters. The number of hydrogen-bond donors (Lipinski definition) is 0. The van der Waals surface area contributed by atoms with Gasteiger partial charge in [-0.1, -0.05) is 106 Å². The predicted octanol–water partition coefficient (Wildman–Crippen LogP) is 6.75. The molecule has 4 rings (SSSR count). The SMILES string of the molecule is CC(C)(C)c1[c-]c2c(cc1C(C)(C)C)-c1cc(C(C)(C)C)c(C(C)(C)C)cc1C2.CCCC[C](=[Zr+2])CCCC.[Cl-].[Cl-].c1cc[cH-]c1. The van der Waals surface area contributed by atoms with Crippen molar-refractivity contribution in [3.8, 4) is 11.1 Å². The average Bonchev–Trinajstić information content (AvgIpc) is 3.59. The fraction of sp³-hybridized carbons (Fsp3) is 0.581. The maximum atomic E-state index is 3.90. The zero-order chi connectivity index (χ0) is 33.5. The monoisotopic (exact) mass is 740 g/mol. The third-order valence-corrected chi connectivity index (χ3v) is 9.68. The van der Waals surface area contributed by atoms with Crippen molar-refractivity contribution >= 4 is 3.21 Å². The van der Waals surface area contributed by atoms with E-state index in [1.54, 1.807) is 27.4 Å². The molecule has 1 aliphatic carbocycles. The molecule has 0 nitrogen and oxygen atoms in total. The molecule has 3 heteroatoms. The zero-order valence-electron chi connectivity index (χ0n) is 31.8. The van der Waals surface area contributed by atoms with Gasteiger partial charge < -0.3 is 24.8 Å². The van der Waals surface area contributed by atoms with Gasteiger partial charge in [-0.15, -0.1) is 16.7 Å². The number of benzene rings is 2. The number of hydrogen-bond acceptors (Lipinski definition) is 0. The van der Waals surface area contributed by atoms with E-state index in [4.69, 9.17) is 0 Å². The Labute approximate surface area is 312 Å². The molecule has 0 amide bonds. The van der Waals surface area contributed by atoms with Gasteiger partial charge in [-0.25, -0.2) is 12.1 Å². The molecule has 46 heavy (non-hydrogen) atoms. The quantitative estimate of drug-likeness (QED) is 0.192. The molecule has 3 aromatic carbocycles. The van der Waals surface area contributed by atoms with Crippen LogP contribution in [0.1, 0.15) is 169 Å². The number of halogens is 2. The van der Waals surface area contributed by atoms with E-state index in [9.17, 15) is 0 Å². The number of fused-ring (bicyclic) bond motifs is 3. The zero-order valence-corrected chi connectivity index (χ0v) is 35.8. The van der Waals surface area contributed by atoms with Crippen LogP contribution in [0.25, 0.3) is 11.1 Å². The van der Waals surface area contributed by atoms with Gasteiger partial charge in [-0.3, -0.25) is 0 Å². The van der Waals surface area contributed by atoms with E-state index in [0.29, 0.717) is 0 Å². The predicted molar refractivity (Wildman–Crippen MR) is 194 cm³/mol. The summed E-state index contributed by atoms with van der Waals surface area (Å²) in [7, 11) is 0. The Balaban J connectivity index is 0.000000988. The summed E-state index contributed by atoms with van der Waals surface area (Å²) in [5, 5.41) is 0. The Morgan fingerprint density at radius 3 is 1.46 bits per heavy atom. The smallest absolute Gasteiger partial charge is 0.172 e. The van der Waals surface area contributed by atoms with Crippen molar-refractivity contribution in [2.75, 3.05) is 0 Å². The van der Waals surface area contributed by atoms with Gasteiger partial charge in [0.25, 0.3) is 0 Å². The molecule has 0 heterocycles. The molecular weight excluding hydrogens is 679 g/mol. The van der Waals surface area contributed by atoms with Crippen LogP contribution in [0.4, 0.5) is 0 Å². The van der Waals surface area contributed by atoms with Crippen molar-refractivity contribution in [1.82, 2.24) is 0 Å². The third-order valence-electron chi connectivity index (χ3n) is 8.45. The largest absolute Gasteiger partial charge is 1.00 e. The van der Waals surface area contributed by atoms with Crippen LogP contribution in [0, 0.1) is 6.07 Å². The summed E-state index contributed by atoms with van der Waals surface area (Å²) in [6, 6.07) is 21.4. The van der Waals surface area contributed by atoms with E-state index < -0.39 is 0 Å². The normalized spacial score (nSPS) is 12.3. The first-order chi connectivity index (χ1) is 20.2. The van der Waals surface area contributed by atoms with Gasteiger partial charge in [0.2, 0.25) is 0 Å². The van der Waals surface area contributed by atoms with Crippen LogP contribution in [0.2, 0.25) is 0 Å². The Bertz CT molecular complexity index is 1230. The van der Waals surface area contributed by atoms with Crippen LogP contribution in [0.15, 0.2) is 48.5 Å². The molecule has 0 N–H and O–H groups in total. The van der Waals surface area contributed by atoms with Crippen molar-refractivity contribution < 1.29 is 49.0 Å². The summed E-state index contributed by atoms with van der Waals surface area (Å²) in [6.45, 7) is 32.5. The summed E-state index contributed by atoms with van der Waals surface area (Å²) >= 11 is 1.67. The second-order valence-corrected chi connectivity index (χ2v) is 18.7. The van der Waals surface area contributed by atoms with Gasteiger partial charge in [-0.2, -0.15) is 35.9 Å². The molecular formula is C43H64Cl2Zr-2. The van der Waals surface area contributed by atoms with Gasteiger partial charge in [-0.05, 0) is 39.4 Å². The summed E-state index contributed by atoms with van der Waals surface area (Å²) < 4.78 is 1.79. The molecule has 0 spiro atoms. The molecule has 0 saturated heterocycles. The van der Waals surface area contributed by atoms with Crippen LogP contribution in [0.3, 0.4) is 0 Å². The molecule has 0 aliphatic heterocycles. The van der Waals surface area contributed by atoms with Gasteiger partial charge in [0.05, 0.1) is 0 Å². The van der Waals surface area contributed by atoms with Gasteiger partial charge >= 0.3 is 79.8 Å². The van der Waals surface area contributed by atoms with Crippen LogP contribution in [-0.2, 0) is 52.3 Å². The summed E-state index contributed by atoms with van der Waals surface area (Å²) in [5.74, 6) is 0. The van der Waals surface area contributed by atoms with E-state index in [0.717, 1.165) is 6.42 Å². The van der Waals surface area contributed by atoms with Gasteiger partial charge in [0, 0.05) is 0 Å². The van der Waals surface area contributed by atoms with Crippen molar-refractivity contribution in [2.24, 2.45) is 0 Å². The number of rotatable bonds is 6. The fourth-order valence-corrected chi connectivity index (χ4v) is 6.72. The van der Waals surface area contributed by atoms with E-state index in [2.05, 4.69) is 121 Å².